The Morgan fingerprint density at radius 2 is 1.87 bits per heavy atom. The van der Waals surface area contributed by atoms with Gasteiger partial charge in [0.15, 0.2) is 0 Å². The summed E-state index contributed by atoms with van der Waals surface area (Å²) in [7, 11) is 0. The van der Waals surface area contributed by atoms with Crippen LogP contribution >= 0.6 is 0 Å². The van der Waals surface area contributed by atoms with Crippen LogP contribution in [0, 0.1) is 19.8 Å². The van der Waals surface area contributed by atoms with E-state index in [1.807, 2.05) is 47.3 Å². The molecule has 1 aliphatic heterocycles. The molecule has 0 spiro atoms. The molecule has 1 saturated heterocycles. The monoisotopic (exact) mass is 416 g/mol. The van der Waals surface area contributed by atoms with Crippen molar-refractivity contribution < 1.29 is 9.59 Å². The Balaban J connectivity index is 1.71. The molecule has 31 heavy (non-hydrogen) atoms. The second-order valence-corrected chi connectivity index (χ2v) is 8.37. The molecular formula is C25H28N4O2. The normalized spacial score (nSPS) is 16.3. The van der Waals surface area contributed by atoms with E-state index in [1.165, 1.54) is 5.56 Å². The molecule has 0 aliphatic carbocycles. The van der Waals surface area contributed by atoms with Crippen LogP contribution in [0.5, 0.6) is 0 Å². The predicted molar refractivity (Wildman–Crippen MR) is 121 cm³/mol. The van der Waals surface area contributed by atoms with Crippen LogP contribution in [0.1, 0.15) is 39.9 Å². The lowest BCUT2D eigenvalue weighted by Gasteiger charge is -2.31. The second-order valence-electron chi connectivity index (χ2n) is 8.37. The smallest absolute Gasteiger partial charge is 0.257 e. The maximum atomic E-state index is 13.5. The zero-order chi connectivity index (χ0) is 22.0. The van der Waals surface area contributed by atoms with Crippen LogP contribution < -0.4 is 5.73 Å². The van der Waals surface area contributed by atoms with Gasteiger partial charge in [-0.1, -0.05) is 42.5 Å². The number of aromatic nitrogens is 2. The minimum Gasteiger partial charge on any atom is -0.369 e. The minimum absolute atomic E-state index is 0.0986. The molecule has 4 rings (SSSR count). The number of primary amides is 1. The molecule has 0 saturated carbocycles. The first kappa shape index (κ1) is 20.8. The number of carbonyl (C=O) groups excluding carboxylic acids is 2. The van der Waals surface area contributed by atoms with Gasteiger partial charge in [0, 0.05) is 24.8 Å². The maximum absolute atomic E-state index is 13.5. The highest BCUT2D eigenvalue weighted by atomic mass is 16.2. The van der Waals surface area contributed by atoms with E-state index in [0.717, 1.165) is 29.5 Å². The molecule has 1 unspecified atom stereocenters. The molecular weight excluding hydrogens is 388 g/mol. The maximum Gasteiger partial charge on any atom is 0.257 e. The Morgan fingerprint density at radius 1 is 1.10 bits per heavy atom. The lowest BCUT2D eigenvalue weighted by atomic mass is 9.96. The van der Waals surface area contributed by atoms with Crippen molar-refractivity contribution in [2.24, 2.45) is 11.7 Å². The first-order chi connectivity index (χ1) is 14.9. The van der Waals surface area contributed by atoms with E-state index in [0.29, 0.717) is 30.9 Å². The summed E-state index contributed by atoms with van der Waals surface area (Å²) >= 11 is 0. The van der Waals surface area contributed by atoms with Gasteiger partial charge < -0.3 is 10.6 Å². The lowest BCUT2D eigenvalue weighted by Crippen LogP contribution is -2.44. The molecule has 2 aromatic carbocycles. The summed E-state index contributed by atoms with van der Waals surface area (Å²) in [5.74, 6) is -0.729. The molecule has 160 valence electrons. The van der Waals surface area contributed by atoms with Crippen LogP contribution in [0.15, 0.2) is 54.7 Å². The summed E-state index contributed by atoms with van der Waals surface area (Å²) in [5.41, 5.74) is 11.1. The number of aryl methyl sites for hydroxylation is 2. The van der Waals surface area contributed by atoms with Gasteiger partial charge in [0.1, 0.15) is 5.69 Å². The van der Waals surface area contributed by atoms with Gasteiger partial charge in [-0.05, 0) is 49.4 Å². The highest BCUT2D eigenvalue weighted by Crippen LogP contribution is 2.27. The Bertz CT molecular complexity index is 1100. The van der Waals surface area contributed by atoms with Crippen molar-refractivity contribution in [1.29, 1.82) is 0 Å². The van der Waals surface area contributed by atoms with Gasteiger partial charge >= 0.3 is 0 Å². The summed E-state index contributed by atoms with van der Waals surface area (Å²) < 4.78 is 1.82. The van der Waals surface area contributed by atoms with Crippen molar-refractivity contribution in [3.8, 4) is 11.3 Å². The molecule has 0 radical (unpaired) electrons. The van der Waals surface area contributed by atoms with Crippen molar-refractivity contribution in [3.05, 3.63) is 77.0 Å². The molecule has 6 heteroatoms. The third-order valence-corrected chi connectivity index (χ3v) is 6.07. The van der Waals surface area contributed by atoms with Gasteiger partial charge in [0.05, 0.1) is 18.0 Å². The van der Waals surface area contributed by atoms with Crippen molar-refractivity contribution in [2.45, 2.75) is 33.2 Å². The minimum atomic E-state index is -0.341. The lowest BCUT2D eigenvalue weighted by molar-refractivity contribution is -0.123. The van der Waals surface area contributed by atoms with Gasteiger partial charge in [0.25, 0.3) is 5.91 Å². The van der Waals surface area contributed by atoms with Crippen molar-refractivity contribution in [3.63, 3.8) is 0 Å². The van der Waals surface area contributed by atoms with Crippen LogP contribution in [0.2, 0.25) is 0 Å². The average Bonchev–Trinajstić information content (AvgIpc) is 3.19. The van der Waals surface area contributed by atoms with Gasteiger partial charge in [-0.3, -0.25) is 14.3 Å². The summed E-state index contributed by atoms with van der Waals surface area (Å²) in [6, 6.07) is 16.2. The number of likely N-dealkylation sites (tertiary alicyclic amines) is 1. The second kappa shape index (κ2) is 8.76. The van der Waals surface area contributed by atoms with Crippen molar-refractivity contribution in [2.75, 3.05) is 13.1 Å². The zero-order valence-corrected chi connectivity index (χ0v) is 18.0. The Labute approximate surface area is 182 Å². The van der Waals surface area contributed by atoms with E-state index in [-0.39, 0.29) is 17.7 Å². The van der Waals surface area contributed by atoms with Crippen LogP contribution in [-0.4, -0.2) is 39.6 Å². The Kier molecular flexibility index (Phi) is 5.89. The molecule has 1 fully saturated rings. The van der Waals surface area contributed by atoms with E-state index in [2.05, 4.69) is 26.0 Å². The highest BCUT2D eigenvalue weighted by molar-refractivity contribution is 6.00. The van der Waals surface area contributed by atoms with E-state index in [4.69, 9.17) is 10.8 Å². The number of amides is 2. The van der Waals surface area contributed by atoms with Gasteiger partial charge in [-0.15, -0.1) is 0 Å². The molecule has 1 atom stereocenters. The average molecular weight is 417 g/mol. The van der Waals surface area contributed by atoms with Gasteiger partial charge in [-0.25, -0.2) is 0 Å². The number of nitrogens with zero attached hydrogens (tertiary/aromatic N) is 3. The van der Waals surface area contributed by atoms with Crippen LogP contribution in [-0.2, 0) is 11.3 Å². The molecule has 2 N–H and O–H groups in total. The number of hydrogen-bond acceptors (Lipinski definition) is 3. The quantitative estimate of drug-likeness (QED) is 0.691. The zero-order valence-electron chi connectivity index (χ0n) is 18.0. The summed E-state index contributed by atoms with van der Waals surface area (Å²) in [5, 5.41) is 4.79. The molecule has 2 heterocycles. The molecule has 6 nitrogen and oxygen atoms in total. The fourth-order valence-electron chi connectivity index (χ4n) is 4.10. The van der Waals surface area contributed by atoms with Gasteiger partial charge in [-0.2, -0.15) is 5.10 Å². The van der Waals surface area contributed by atoms with E-state index in [1.54, 1.807) is 4.90 Å². The summed E-state index contributed by atoms with van der Waals surface area (Å²) in [4.78, 5) is 26.9. The number of rotatable bonds is 5. The highest BCUT2D eigenvalue weighted by Gasteiger charge is 2.30. The van der Waals surface area contributed by atoms with Crippen LogP contribution in [0.3, 0.4) is 0 Å². The third-order valence-electron chi connectivity index (χ3n) is 6.07. The molecule has 3 aromatic rings. The van der Waals surface area contributed by atoms with Crippen molar-refractivity contribution >= 4 is 11.8 Å². The van der Waals surface area contributed by atoms with Gasteiger partial charge in [0.2, 0.25) is 5.91 Å². The molecule has 0 bridgehead atoms. The third kappa shape index (κ3) is 4.53. The van der Waals surface area contributed by atoms with E-state index < -0.39 is 0 Å². The number of piperidine rings is 1. The Hall–Kier alpha value is -3.41. The first-order valence-corrected chi connectivity index (χ1v) is 10.7. The summed E-state index contributed by atoms with van der Waals surface area (Å²) in [6.45, 7) is 5.69. The molecule has 1 aromatic heterocycles. The predicted octanol–water partition coefficient (Wildman–Crippen LogP) is 3.55. The molecule has 1 aliphatic rings. The SMILES string of the molecule is Cc1ccc(-c2nn(Cc3ccccc3)cc2C(=O)N2CCCC(C(N)=O)C2)cc1C. The summed E-state index contributed by atoms with van der Waals surface area (Å²) in [6.07, 6.45) is 3.33. The standard InChI is InChI=1S/C25H28N4O2/c1-17-10-11-20(13-18(17)2)23-22(16-29(27-23)14-19-7-4-3-5-8-19)25(31)28-12-6-9-21(15-28)24(26)30/h3-5,7-8,10-11,13,16,21H,6,9,12,14-15H2,1-2H3,(H2,26,30). The van der Waals surface area contributed by atoms with E-state index >= 15 is 0 Å². The first-order valence-electron chi connectivity index (χ1n) is 10.7. The molecule has 2 amide bonds. The fourth-order valence-corrected chi connectivity index (χ4v) is 4.10. The topological polar surface area (TPSA) is 81.2 Å². The number of nitrogens with two attached hydrogens (primary N) is 1. The van der Waals surface area contributed by atoms with Crippen LogP contribution in [0.4, 0.5) is 0 Å². The van der Waals surface area contributed by atoms with Crippen molar-refractivity contribution in [1.82, 2.24) is 14.7 Å². The number of benzene rings is 2. The number of hydrogen-bond donors (Lipinski definition) is 1. The van der Waals surface area contributed by atoms with E-state index in [9.17, 15) is 9.59 Å². The Morgan fingerprint density at radius 3 is 2.58 bits per heavy atom. The fraction of sp³-hybridized carbons (Fsp3) is 0.320. The van der Waals surface area contributed by atoms with Crippen LogP contribution in [0.25, 0.3) is 11.3 Å². The number of carbonyl (C=O) groups is 2. The largest absolute Gasteiger partial charge is 0.369 e.